The van der Waals surface area contributed by atoms with Crippen molar-refractivity contribution < 1.29 is 4.79 Å². The minimum atomic E-state index is 0.230. The van der Waals surface area contributed by atoms with Crippen molar-refractivity contribution in [3.63, 3.8) is 0 Å². The van der Waals surface area contributed by atoms with Crippen molar-refractivity contribution in [2.45, 2.75) is 77.2 Å². The van der Waals surface area contributed by atoms with Gasteiger partial charge < -0.3 is 5.32 Å². The Kier molecular flexibility index (Phi) is 4.98. The van der Waals surface area contributed by atoms with Crippen LogP contribution in [0.1, 0.15) is 74.2 Å². The van der Waals surface area contributed by atoms with Crippen LogP contribution < -0.4 is 5.32 Å². The van der Waals surface area contributed by atoms with E-state index in [9.17, 15) is 4.79 Å². The van der Waals surface area contributed by atoms with E-state index < -0.39 is 0 Å². The number of nitrogens with zero attached hydrogens (tertiary/aromatic N) is 3. The van der Waals surface area contributed by atoms with Gasteiger partial charge in [0.05, 0.1) is 6.54 Å². The number of nitrogens with one attached hydrogen (secondary N) is 1. The fourth-order valence-electron chi connectivity index (χ4n) is 7.17. The Bertz CT molecular complexity index is 689. The number of hydrogen-bond donors (Lipinski definition) is 1. The molecule has 1 atom stereocenters. The first-order valence-electron chi connectivity index (χ1n) is 11.3. The summed E-state index contributed by atoms with van der Waals surface area (Å²) in [6, 6.07) is 0.329. The highest BCUT2D eigenvalue weighted by Crippen LogP contribution is 2.61. The monoisotopic (exact) mass is 402 g/mol. The van der Waals surface area contributed by atoms with E-state index in [-0.39, 0.29) is 5.91 Å². The van der Waals surface area contributed by atoms with Crippen LogP contribution in [0.2, 0.25) is 0 Å². The van der Waals surface area contributed by atoms with Crippen molar-refractivity contribution >= 4 is 17.2 Å². The number of amides is 1. The zero-order chi connectivity index (χ0) is 19.3. The Morgan fingerprint density at radius 3 is 2.29 bits per heavy atom. The minimum absolute atomic E-state index is 0.230. The van der Waals surface area contributed by atoms with Crippen LogP contribution in [-0.4, -0.2) is 46.7 Å². The van der Waals surface area contributed by atoms with E-state index in [0.717, 1.165) is 48.7 Å². The highest BCUT2D eigenvalue weighted by Gasteiger charge is 2.53. The number of carbonyl (C=O) groups is 1. The standard InChI is InChI=1S/C22H34N4OS/c1-14(22-10-16-7-17(11-22)9-18(8-16)12-22)23-20(27)13-26-5-3-19(4-6-26)21-25-24-15(2)28-21/h14,16-19H,3-13H2,1-2H3,(H,23,27)/t14-,16?,17?,18?,22?/m1/s1. The van der Waals surface area contributed by atoms with Crippen LogP contribution in [0.5, 0.6) is 0 Å². The molecule has 6 rings (SSSR count). The van der Waals surface area contributed by atoms with Gasteiger partial charge in [0, 0.05) is 12.0 Å². The Morgan fingerprint density at radius 1 is 1.14 bits per heavy atom. The van der Waals surface area contributed by atoms with Crippen LogP contribution in [0, 0.1) is 30.1 Å². The van der Waals surface area contributed by atoms with Crippen molar-refractivity contribution in [2.75, 3.05) is 19.6 Å². The van der Waals surface area contributed by atoms with Gasteiger partial charge in [-0.15, -0.1) is 21.5 Å². The number of rotatable bonds is 5. The number of piperidine rings is 1. The Morgan fingerprint density at radius 2 is 1.75 bits per heavy atom. The lowest BCUT2D eigenvalue weighted by molar-refractivity contribution is -0.127. The molecule has 5 aliphatic rings. The summed E-state index contributed by atoms with van der Waals surface area (Å²) in [6.07, 6.45) is 10.6. The summed E-state index contributed by atoms with van der Waals surface area (Å²) in [6.45, 7) is 6.84. The van der Waals surface area contributed by atoms with Crippen LogP contribution in [-0.2, 0) is 4.79 Å². The normalized spacial score (nSPS) is 36.6. The second-order valence-corrected chi connectivity index (χ2v) is 11.5. The number of aryl methyl sites for hydroxylation is 1. The molecule has 6 heteroatoms. The van der Waals surface area contributed by atoms with Gasteiger partial charge in [0.15, 0.2) is 0 Å². The van der Waals surface area contributed by atoms with Gasteiger partial charge in [-0.2, -0.15) is 0 Å². The molecule has 5 nitrogen and oxygen atoms in total. The van der Waals surface area contributed by atoms with Crippen LogP contribution in [0.25, 0.3) is 0 Å². The molecule has 0 spiro atoms. The van der Waals surface area contributed by atoms with Crippen molar-refractivity contribution in [2.24, 2.45) is 23.2 Å². The van der Waals surface area contributed by atoms with E-state index in [1.165, 1.54) is 43.5 Å². The summed E-state index contributed by atoms with van der Waals surface area (Å²) < 4.78 is 0. The van der Waals surface area contributed by atoms with E-state index in [4.69, 9.17) is 0 Å². The molecule has 1 aliphatic heterocycles. The van der Waals surface area contributed by atoms with Gasteiger partial charge in [0.2, 0.25) is 5.91 Å². The summed E-state index contributed by atoms with van der Waals surface area (Å²) in [5.74, 6) is 3.57. The maximum absolute atomic E-state index is 12.8. The Hall–Kier alpha value is -1.01. The van der Waals surface area contributed by atoms with E-state index >= 15 is 0 Å². The Balaban J connectivity index is 1.12. The molecule has 1 aromatic rings. The summed E-state index contributed by atoms with van der Waals surface area (Å²) >= 11 is 1.72. The van der Waals surface area contributed by atoms with Crippen LogP contribution in [0.3, 0.4) is 0 Å². The van der Waals surface area contributed by atoms with Crippen molar-refractivity contribution in [1.82, 2.24) is 20.4 Å². The zero-order valence-electron chi connectivity index (χ0n) is 17.3. The number of carbonyl (C=O) groups excluding carboxylic acids is 1. The van der Waals surface area contributed by atoms with Gasteiger partial charge in [0.1, 0.15) is 10.0 Å². The molecule has 154 valence electrons. The van der Waals surface area contributed by atoms with E-state index in [2.05, 4.69) is 27.3 Å². The summed E-state index contributed by atoms with van der Waals surface area (Å²) in [4.78, 5) is 15.1. The summed E-state index contributed by atoms with van der Waals surface area (Å²) in [5.41, 5.74) is 0.396. The number of aromatic nitrogens is 2. The third-order valence-electron chi connectivity index (χ3n) is 8.23. The molecule has 4 saturated carbocycles. The third kappa shape index (κ3) is 3.62. The maximum atomic E-state index is 12.8. The van der Waals surface area contributed by atoms with Gasteiger partial charge in [-0.05, 0) is 101 Å². The lowest BCUT2D eigenvalue weighted by atomic mass is 9.48. The highest BCUT2D eigenvalue weighted by atomic mass is 32.1. The quantitative estimate of drug-likeness (QED) is 0.815. The van der Waals surface area contributed by atoms with Gasteiger partial charge in [-0.25, -0.2) is 0 Å². The SMILES string of the molecule is Cc1nnc(C2CCN(CC(=O)N[C@H](C)C34CC5CC(CC(C5)C3)C4)CC2)s1. The highest BCUT2D eigenvalue weighted by molar-refractivity contribution is 7.11. The molecule has 1 saturated heterocycles. The smallest absolute Gasteiger partial charge is 0.234 e. The van der Waals surface area contributed by atoms with Crippen LogP contribution in [0.15, 0.2) is 0 Å². The number of hydrogen-bond acceptors (Lipinski definition) is 5. The molecule has 1 N–H and O–H groups in total. The molecule has 28 heavy (non-hydrogen) atoms. The molecular weight excluding hydrogens is 368 g/mol. The third-order valence-corrected chi connectivity index (χ3v) is 9.23. The van der Waals surface area contributed by atoms with Crippen molar-refractivity contribution in [3.05, 3.63) is 10.0 Å². The van der Waals surface area contributed by atoms with E-state index in [1.807, 2.05) is 6.92 Å². The fourth-order valence-corrected chi connectivity index (χ4v) is 8.03. The molecule has 1 aromatic heterocycles. The van der Waals surface area contributed by atoms with E-state index in [0.29, 0.717) is 23.9 Å². The van der Waals surface area contributed by atoms with Gasteiger partial charge in [0.25, 0.3) is 0 Å². The molecule has 4 aliphatic carbocycles. The minimum Gasteiger partial charge on any atom is -0.352 e. The van der Waals surface area contributed by atoms with Crippen molar-refractivity contribution in [1.29, 1.82) is 0 Å². The predicted octanol–water partition coefficient (Wildman–Crippen LogP) is 3.75. The number of likely N-dealkylation sites (tertiary alicyclic amines) is 1. The molecule has 1 amide bonds. The van der Waals surface area contributed by atoms with Gasteiger partial charge in [-0.3, -0.25) is 9.69 Å². The average Bonchev–Trinajstić information content (AvgIpc) is 3.07. The lowest BCUT2D eigenvalue weighted by Crippen LogP contribution is -2.56. The molecular formula is C22H34N4OS. The Labute approximate surface area is 172 Å². The summed E-state index contributed by atoms with van der Waals surface area (Å²) in [5, 5.41) is 14.1. The first kappa shape index (κ1) is 19.0. The summed E-state index contributed by atoms with van der Waals surface area (Å²) in [7, 11) is 0. The maximum Gasteiger partial charge on any atom is 0.234 e. The largest absolute Gasteiger partial charge is 0.352 e. The van der Waals surface area contributed by atoms with Gasteiger partial charge >= 0.3 is 0 Å². The molecule has 4 bridgehead atoms. The molecule has 0 radical (unpaired) electrons. The first-order chi connectivity index (χ1) is 13.5. The predicted molar refractivity (Wildman–Crippen MR) is 111 cm³/mol. The molecule has 5 fully saturated rings. The average molecular weight is 403 g/mol. The molecule has 2 heterocycles. The van der Waals surface area contributed by atoms with Crippen molar-refractivity contribution in [3.8, 4) is 0 Å². The topological polar surface area (TPSA) is 58.1 Å². The van der Waals surface area contributed by atoms with E-state index in [1.54, 1.807) is 11.3 Å². The zero-order valence-corrected chi connectivity index (χ0v) is 18.1. The van der Waals surface area contributed by atoms with Crippen LogP contribution >= 0.6 is 11.3 Å². The first-order valence-corrected chi connectivity index (χ1v) is 12.1. The second-order valence-electron chi connectivity index (χ2n) is 10.3. The van der Waals surface area contributed by atoms with Crippen LogP contribution in [0.4, 0.5) is 0 Å². The second kappa shape index (κ2) is 7.35. The molecule has 0 aromatic carbocycles. The molecule has 0 unspecified atom stereocenters. The fraction of sp³-hybridized carbons (Fsp3) is 0.864. The van der Waals surface area contributed by atoms with Gasteiger partial charge in [-0.1, -0.05) is 0 Å². The lowest BCUT2D eigenvalue weighted by Gasteiger charge is -2.59.